The van der Waals surface area contributed by atoms with E-state index in [2.05, 4.69) is 10.0 Å². The summed E-state index contributed by atoms with van der Waals surface area (Å²) in [7, 11) is -3.79. The summed E-state index contributed by atoms with van der Waals surface area (Å²) in [6, 6.07) is 9.70. The van der Waals surface area contributed by atoms with Crippen molar-refractivity contribution in [3.8, 4) is 0 Å². The van der Waals surface area contributed by atoms with E-state index >= 15 is 0 Å². The molecule has 0 saturated carbocycles. The average molecular weight is 397 g/mol. The van der Waals surface area contributed by atoms with Crippen molar-refractivity contribution in [3.05, 3.63) is 47.0 Å². The van der Waals surface area contributed by atoms with Gasteiger partial charge in [-0.25, -0.2) is 8.42 Å². The molecule has 0 aliphatic carbocycles. The Morgan fingerprint density at radius 3 is 2.72 bits per heavy atom. The number of halogens is 1. The lowest BCUT2D eigenvalue weighted by Gasteiger charge is -2.12. The number of thioether (sulfide) groups is 1. The second kappa shape index (κ2) is 6.90. The van der Waals surface area contributed by atoms with E-state index in [0.29, 0.717) is 22.2 Å². The standard InChI is InChI=1S/C17H17ClN2O3S2/c1-10-3-4-12(7-14(10)18)20-25(22,23)13-5-6-16-15(8-13)19-17(21)11(2)9-24-16/h3-8,11,20H,9H2,1-2H3,(H,19,21)/t11-/m1/s1. The number of anilines is 2. The van der Waals surface area contributed by atoms with E-state index in [0.717, 1.165) is 10.5 Å². The molecule has 1 aliphatic rings. The van der Waals surface area contributed by atoms with Crippen molar-refractivity contribution in [2.24, 2.45) is 5.92 Å². The lowest BCUT2D eigenvalue weighted by Crippen LogP contribution is -2.20. The summed E-state index contributed by atoms with van der Waals surface area (Å²) in [5.74, 6) is 0.412. The highest BCUT2D eigenvalue weighted by molar-refractivity contribution is 7.99. The van der Waals surface area contributed by atoms with Gasteiger partial charge in [-0.15, -0.1) is 11.8 Å². The van der Waals surface area contributed by atoms with Gasteiger partial charge in [-0.2, -0.15) is 0 Å². The Labute approximate surface area is 156 Å². The molecule has 0 unspecified atom stereocenters. The zero-order chi connectivity index (χ0) is 18.2. The van der Waals surface area contributed by atoms with Gasteiger partial charge in [0.2, 0.25) is 5.91 Å². The van der Waals surface area contributed by atoms with Crippen molar-refractivity contribution >= 4 is 50.7 Å². The predicted octanol–water partition coefficient (Wildman–Crippen LogP) is 4.13. The Morgan fingerprint density at radius 2 is 2.00 bits per heavy atom. The van der Waals surface area contributed by atoms with Crippen LogP contribution in [0.25, 0.3) is 0 Å². The van der Waals surface area contributed by atoms with Crippen LogP contribution in [0, 0.1) is 12.8 Å². The maximum atomic E-state index is 12.6. The summed E-state index contributed by atoms with van der Waals surface area (Å²) >= 11 is 7.58. The summed E-state index contributed by atoms with van der Waals surface area (Å²) in [6.45, 7) is 3.68. The molecule has 2 N–H and O–H groups in total. The average Bonchev–Trinajstić information content (AvgIpc) is 2.69. The summed E-state index contributed by atoms with van der Waals surface area (Å²) < 4.78 is 27.8. The number of aryl methyl sites for hydroxylation is 1. The number of sulfonamides is 1. The SMILES string of the molecule is Cc1ccc(NS(=O)(=O)c2ccc3c(c2)NC(=O)[C@H](C)CS3)cc1Cl. The molecule has 0 fully saturated rings. The first-order valence-corrected chi connectivity index (χ1v) is 10.5. The fraction of sp³-hybridized carbons (Fsp3) is 0.235. The van der Waals surface area contributed by atoms with Gasteiger partial charge in [-0.3, -0.25) is 9.52 Å². The van der Waals surface area contributed by atoms with Crippen LogP contribution < -0.4 is 10.0 Å². The van der Waals surface area contributed by atoms with Crippen molar-refractivity contribution in [2.45, 2.75) is 23.6 Å². The quantitative estimate of drug-likeness (QED) is 0.817. The van der Waals surface area contributed by atoms with Crippen molar-refractivity contribution in [1.29, 1.82) is 0 Å². The number of carbonyl (C=O) groups excluding carboxylic acids is 1. The van der Waals surface area contributed by atoms with Crippen LogP contribution in [-0.4, -0.2) is 20.1 Å². The number of amides is 1. The molecule has 2 aromatic carbocycles. The Hall–Kier alpha value is -1.70. The van der Waals surface area contributed by atoms with E-state index in [1.165, 1.54) is 23.9 Å². The highest BCUT2D eigenvalue weighted by atomic mass is 35.5. The molecule has 0 saturated heterocycles. The molecule has 0 spiro atoms. The van der Waals surface area contributed by atoms with Gasteiger partial charge in [-0.1, -0.05) is 24.6 Å². The molecular formula is C17H17ClN2O3S2. The monoisotopic (exact) mass is 396 g/mol. The summed E-state index contributed by atoms with van der Waals surface area (Å²) in [6.07, 6.45) is 0. The van der Waals surface area contributed by atoms with Gasteiger partial charge in [0.05, 0.1) is 16.3 Å². The van der Waals surface area contributed by atoms with Crippen LogP contribution in [0.5, 0.6) is 0 Å². The first-order chi connectivity index (χ1) is 11.8. The van der Waals surface area contributed by atoms with Crippen molar-refractivity contribution < 1.29 is 13.2 Å². The van der Waals surface area contributed by atoms with E-state index in [1.54, 1.807) is 24.3 Å². The molecule has 3 rings (SSSR count). The molecule has 8 heteroatoms. The van der Waals surface area contributed by atoms with Gasteiger partial charge in [0.25, 0.3) is 10.0 Å². The fourth-order valence-corrected chi connectivity index (χ4v) is 4.58. The van der Waals surface area contributed by atoms with Crippen LogP contribution in [-0.2, 0) is 14.8 Å². The third-order valence-corrected chi connectivity index (χ3v) is 7.00. The Kier molecular flexibility index (Phi) is 4.99. The molecular weight excluding hydrogens is 380 g/mol. The molecule has 0 radical (unpaired) electrons. The third-order valence-electron chi connectivity index (χ3n) is 3.88. The van der Waals surface area contributed by atoms with Gasteiger partial charge in [0.1, 0.15) is 0 Å². The van der Waals surface area contributed by atoms with Crippen LogP contribution >= 0.6 is 23.4 Å². The second-order valence-electron chi connectivity index (χ2n) is 5.93. The van der Waals surface area contributed by atoms with Gasteiger partial charge in [0.15, 0.2) is 0 Å². The maximum Gasteiger partial charge on any atom is 0.261 e. The van der Waals surface area contributed by atoms with Crippen LogP contribution in [0.15, 0.2) is 46.2 Å². The molecule has 0 bridgehead atoms. The molecule has 1 heterocycles. The Morgan fingerprint density at radius 1 is 1.24 bits per heavy atom. The molecule has 5 nitrogen and oxygen atoms in total. The highest BCUT2D eigenvalue weighted by Crippen LogP contribution is 2.34. The topological polar surface area (TPSA) is 75.3 Å². The van der Waals surface area contributed by atoms with E-state index < -0.39 is 10.0 Å². The van der Waals surface area contributed by atoms with E-state index in [4.69, 9.17) is 11.6 Å². The first-order valence-electron chi connectivity index (χ1n) is 7.63. The number of fused-ring (bicyclic) bond motifs is 1. The molecule has 1 amide bonds. The zero-order valence-corrected chi connectivity index (χ0v) is 16.1. The smallest absolute Gasteiger partial charge is 0.261 e. The maximum absolute atomic E-state index is 12.6. The molecule has 1 aliphatic heterocycles. The van der Waals surface area contributed by atoms with E-state index in [1.807, 2.05) is 13.8 Å². The van der Waals surface area contributed by atoms with Crippen LogP contribution in [0.2, 0.25) is 5.02 Å². The van der Waals surface area contributed by atoms with Crippen molar-refractivity contribution in [3.63, 3.8) is 0 Å². The fourth-order valence-electron chi connectivity index (χ4n) is 2.32. The van der Waals surface area contributed by atoms with Crippen molar-refractivity contribution in [1.82, 2.24) is 0 Å². The number of carbonyl (C=O) groups is 1. The summed E-state index contributed by atoms with van der Waals surface area (Å²) in [5, 5.41) is 3.28. The van der Waals surface area contributed by atoms with Gasteiger partial charge in [-0.05, 0) is 42.8 Å². The van der Waals surface area contributed by atoms with E-state index in [-0.39, 0.29) is 16.7 Å². The number of hydrogen-bond acceptors (Lipinski definition) is 4. The highest BCUT2D eigenvalue weighted by Gasteiger charge is 2.23. The molecule has 1 atom stereocenters. The minimum atomic E-state index is -3.79. The van der Waals surface area contributed by atoms with Crippen LogP contribution in [0.4, 0.5) is 11.4 Å². The number of benzene rings is 2. The van der Waals surface area contributed by atoms with Crippen molar-refractivity contribution in [2.75, 3.05) is 15.8 Å². The molecule has 0 aromatic heterocycles. The lowest BCUT2D eigenvalue weighted by atomic mass is 10.2. The third kappa shape index (κ3) is 3.94. The number of nitrogens with one attached hydrogen (secondary N) is 2. The Balaban J connectivity index is 1.91. The molecule has 25 heavy (non-hydrogen) atoms. The summed E-state index contributed by atoms with van der Waals surface area (Å²) in [4.78, 5) is 12.9. The van der Waals surface area contributed by atoms with Gasteiger partial charge < -0.3 is 5.32 Å². The predicted molar refractivity (Wildman–Crippen MR) is 102 cm³/mol. The van der Waals surface area contributed by atoms with Gasteiger partial charge in [0, 0.05) is 21.6 Å². The summed E-state index contributed by atoms with van der Waals surface area (Å²) in [5.41, 5.74) is 1.77. The molecule has 2 aromatic rings. The number of rotatable bonds is 3. The minimum Gasteiger partial charge on any atom is -0.325 e. The van der Waals surface area contributed by atoms with Crippen LogP contribution in [0.1, 0.15) is 12.5 Å². The lowest BCUT2D eigenvalue weighted by molar-refractivity contribution is -0.118. The normalized spacial score (nSPS) is 17.4. The molecule has 132 valence electrons. The van der Waals surface area contributed by atoms with Crippen LogP contribution in [0.3, 0.4) is 0 Å². The largest absolute Gasteiger partial charge is 0.325 e. The first kappa shape index (κ1) is 18.1. The second-order valence-corrected chi connectivity index (χ2v) is 9.08. The minimum absolute atomic E-state index is 0.0819. The zero-order valence-electron chi connectivity index (χ0n) is 13.7. The van der Waals surface area contributed by atoms with E-state index in [9.17, 15) is 13.2 Å². The Bertz CT molecular complexity index is 945. The number of hydrogen-bond donors (Lipinski definition) is 2. The van der Waals surface area contributed by atoms with Gasteiger partial charge >= 0.3 is 0 Å².